The lowest BCUT2D eigenvalue weighted by Crippen LogP contribution is -2.50. The lowest BCUT2D eigenvalue weighted by atomic mass is 9.88. The van der Waals surface area contributed by atoms with Crippen LogP contribution in [0.3, 0.4) is 0 Å². The summed E-state index contributed by atoms with van der Waals surface area (Å²) in [5, 5.41) is 3.53. The van der Waals surface area contributed by atoms with Crippen molar-refractivity contribution >= 4 is 5.69 Å². The molecule has 1 heterocycles. The number of methoxy groups -OCH3 is 1. The Bertz CT molecular complexity index is 999. The van der Waals surface area contributed by atoms with Crippen LogP contribution in [-0.4, -0.2) is 18.8 Å². The van der Waals surface area contributed by atoms with E-state index in [0.717, 1.165) is 29.1 Å². The highest BCUT2D eigenvalue weighted by Crippen LogP contribution is 2.44. The molecule has 4 rings (SSSR count). The van der Waals surface area contributed by atoms with Crippen LogP contribution in [0, 0.1) is 6.92 Å². The summed E-state index contributed by atoms with van der Waals surface area (Å²) in [4.78, 5) is 0. The first-order valence-electron chi connectivity index (χ1n) is 10.8. The quantitative estimate of drug-likeness (QED) is 0.508. The summed E-state index contributed by atoms with van der Waals surface area (Å²) in [6, 6.07) is 25.0. The standard InChI is InChI=1S/C27H31NO3/c1-19-10-12-20(13-11-19)17-28-22-14-15-24-23(16-22)25(26(29-4)27(2,3)31-24)30-18-21-8-6-5-7-9-21/h5-16,25-26,28H,17-18H2,1-4H3. The van der Waals surface area contributed by atoms with Gasteiger partial charge in [0.25, 0.3) is 0 Å². The summed E-state index contributed by atoms with van der Waals surface area (Å²) >= 11 is 0. The second kappa shape index (κ2) is 9.13. The van der Waals surface area contributed by atoms with Gasteiger partial charge in [-0.3, -0.25) is 0 Å². The Morgan fingerprint density at radius 3 is 2.39 bits per heavy atom. The largest absolute Gasteiger partial charge is 0.485 e. The van der Waals surface area contributed by atoms with E-state index in [1.54, 1.807) is 7.11 Å². The summed E-state index contributed by atoms with van der Waals surface area (Å²) in [5.41, 5.74) is 5.19. The summed E-state index contributed by atoms with van der Waals surface area (Å²) < 4.78 is 18.6. The summed E-state index contributed by atoms with van der Waals surface area (Å²) in [7, 11) is 1.72. The first-order chi connectivity index (χ1) is 15.0. The predicted octanol–water partition coefficient (Wildman–Crippen LogP) is 6.05. The Labute approximate surface area is 185 Å². The third kappa shape index (κ3) is 4.92. The molecule has 0 bridgehead atoms. The fraction of sp³-hybridized carbons (Fsp3) is 0.333. The summed E-state index contributed by atoms with van der Waals surface area (Å²) in [6.07, 6.45) is -0.457. The maximum absolute atomic E-state index is 6.43. The maximum Gasteiger partial charge on any atom is 0.132 e. The molecule has 0 saturated carbocycles. The van der Waals surface area contributed by atoms with Gasteiger partial charge in [-0.15, -0.1) is 0 Å². The van der Waals surface area contributed by atoms with Crippen LogP contribution in [0.5, 0.6) is 5.75 Å². The lowest BCUT2D eigenvalue weighted by molar-refractivity contribution is -0.153. The van der Waals surface area contributed by atoms with E-state index in [2.05, 4.69) is 60.8 Å². The van der Waals surface area contributed by atoms with Crippen LogP contribution in [-0.2, 0) is 22.6 Å². The number of ether oxygens (including phenoxy) is 3. The van der Waals surface area contributed by atoms with Crippen molar-refractivity contribution in [3.8, 4) is 5.75 Å². The minimum atomic E-state index is -0.500. The highest BCUT2D eigenvalue weighted by molar-refractivity contribution is 5.54. The van der Waals surface area contributed by atoms with Crippen LogP contribution in [0.25, 0.3) is 0 Å². The van der Waals surface area contributed by atoms with Crippen LogP contribution < -0.4 is 10.1 Å². The first kappa shape index (κ1) is 21.4. The number of aryl methyl sites for hydroxylation is 1. The van der Waals surface area contributed by atoms with Crippen molar-refractivity contribution in [2.45, 2.75) is 51.7 Å². The molecule has 4 heteroatoms. The average molecular weight is 418 g/mol. The molecule has 0 aromatic heterocycles. The molecule has 3 aromatic carbocycles. The Kier molecular flexibility index (Phi) is 6.30. The highest BCUT2D eigenvalue weighted by atomic mass is 16.6. The Morgan fingerprint density at radius 2 is 1.68 bits per heavy atom. The molecule has 1 aliphatic heterocycles. The number of anilines is 1. The van der Waals surface area contributed by atoms with Gasteiger partial charge in [-0.2, -0.15) is 0 Å². The number of hydrogen-bond donors (Lipinski definition) is 1. The van der Waals surface area contributed by atoms with Crippen LogP contribution in [0.2, 0.25) is 0 Å². The monoisotopic (exact) mass is 417 g/mol. The van der Waals surface area contributed by atoms with Gasteiger partial charge in [-0.1, -0.05) is 60.2 Å². The third-order valence-electron chi connectivity index (χ3n) is 5.79. The second-order valence-corrected chi connectivity index (χ2v) is 8.67. The predicted molar refractivity (Wildman–Crippen MR) is 124 cm³/mol. The molecule has 0 radical (unpaired) electrons. The fourth-order valence-corrected chi connectivity index (χ4v) is 4.10. The van der Waals surface area contributed by atoms with Crippen LogP contribution >= 0.6 is 0 Å². The zero-order chi connectivity index (χ0) is 21.8. The molecule has 2 atom stereocenters. The molecule has 162 valence electrons. The van der Waals surface area contributed by atoms with Crippen molar-refractivity contribution in [1.82, 2.24) is 0 Å². The molecule has 0 spiro atoms. The normalized spacial score (nSPS) is 19.4. The minimum Gasteiger partial charge on any atom is -0.485 e. The van der Waals surface area contributed by atoms with Crippen molar-refractivity contribution < 1.29 is 14.2 Å². The Hall–Kier alpha value is -2.82. The van der Waals surface area contributed by atoms with E-state index in [9.17, 15) is 0 Å². The molecular formula is C27H31NO3. The van der Waals surface area contributed by atoms with E-state index in [0.29, 0.717) is 6.61 Å². The van der Waals surface area contributed by atoms with Crippen molar-refractivity contribution in [1.29, 1.82) is 0 Å². The summed E-state index contributed by atoms with van der Waals surface area (Å²) in [5.74, 6) is 0.845. The zero-order valence-corrected chi connectivity index (χ0v) is 18.7. The molecule has 0 fully saturated rings. The van der Waals surface area contributed by atoms with E-state index in [-0.39, 0.29) is 12.2 Å². The van der Waals surface area contributed by atoms with Crippen molar-refractivity contribution in [3.63, 3.8) is 0 Å². The minimum absolute atomic E-state index is 0.226. The van der Waals surface area contributed by atoms with Gasteiger partial charge in [0.1, 0.15) is 23.6 Å². The van der Waals surface area contributed by atoms with Gasteiger partial charge in [0.05, 0.1) is 6.61 Å². The van der Waals surface area contributed by atoms with Crippen LogP contribution in [0.1, 0.15) is 42.2 Å². The number of hydrogen-bond acceptors (Lipinski definition) is 4. The second-order valence-electron chi connectivity index (χ2n) is 8.67. The van der Waals surface area contributed by atoms with Gasteiger partial charge < -0.3 is 19.5 Å². The van der Waals surface area contributed by atoms with E-state index in [1.807, 2.05) is 38.1 Å². The number of benzene rings is 3. The Balaban J connectivity index is 1.57. The average Bonchev–Trinajstić information content (AvgIpc) is 2.77. The SMILES string of the molecule is COC1C(OCc2ccccc2)c2cc(NCc3ccc(C)cc3)ccc2OC1(C)C. The van der Waals surface area contributed by atoms with E-state index in [4.69, 9.17) is 14.2 Å². The number of fused-ring (bicyclic) bond motifs is 1. The molecule has 1 aliphatic rings. The molecule has 0 saturated heterocycles. The number of nitrogens with one attached hydrogen (secondary N) is 1. The van der Waals surface area contributed by atoms with Gasteiger partial charge in [0.15, 0.2) is 0 Å². The molecule has 0 amide bonds. The molecule has 0 aliphatic carbocycles. The first-order valence-corrected chi connectivity index (χ1v) is 10.8. The van der Waals surface area contributed by atoms with Crippen molar-refractivity contribution in [2.24, 2.45) is 0 Å². The van der Waals surface area contributed by atoms with Gasteiger partial charge in [-0.05, 0) is 50.1 Å². The van der Waals surface area contributed by atoms with E-state index >= 15 is 0 Å². The third-order valence-corrected chi connectivity index (χ3v) is 5.79. The van der Waals surface area contributed by atoms with Gasteiger partial charge >= 0.3 is 0 Å². The molecule has 31 heavy (non-hydrogen) atoms. The molecular weight excluding hydrogens is 386 g/mol. The topological polar surface area (TPSA) is 39.7 Å². The van der Waals surface area contributed by atoms with E-state index < -0.39 is 5.60 Å². The number of rotatable bonds is 7. The molecule has 3 aromatic rings. The van der Waals surface area contributed by atoms with Gasteiger partial charge in [-0.25, -0.2) is 0 Å². The Morgan fingerprint density at radius 1 is 0.935 bits per heavy atom. The molecule has 1 N–H and O–H groups in total. The van der Waals surface area contributed by atoms with Gasteiger partial charge in [0.2, 0.25) is 0 Å². The van der Waals surface area contributed by atoms with Crippen molar-refractivity contribution in [3.05, 3.63) is 95.1 Å². The lowest BCUT2D eigenvalue weighted by Gasteiger charge is -2.43. The molecule has 2 unspecified atom stereocenters. The highest BCUT2D eigenvalue weighted by Gasteiger charge is 2.45. The zero-order valence-electron chi connectivity index (χ0n) is 18.7. The smallest absolute Gasteiger partial charge is 0.132 e. The van der Waals surface area contributed by atoms with Crippen LogP contribution in [0.15, 0.2) is 72.8 Å². The fourth-order valence-electron chi connectivity index (χ4n) is 4.10. The molecule has 4 nitrogen and oxygen atoms in total. The maximum atomic E-state index is 6.43. The van der Waals surface area contributed by atoms with Crippen LogP contribution in [0.4, 0.5) is 5.69 Å². The van der Waals surface area contributed by atoms with E-state index in [1.165, 1.54) is 11.1 Å². The van der Waals surface area contributed by atoms with Gasteiger partial charge in [0, 0.05) is 24.9 Å². The van der Waals surface area contributed by atoms with Crippen molar-refractivity contribution in [2.75, 3.05) is 12.4 Å². The summed E-state index contributed by atoms with van der Waals surface area (Å²) in [6.45, 7) is 7.47.